The quantitative estimate of drug-likeness (QED) is 0.770. The van der Waals surface area contributed by atoms with Crippen molar-refractivity contribution in [1.29, 1.82) is 0 Å². The maximum absolute atomic E-state index is 12.3. The van der Waals surface area contributed by atoms with Crippen LogP contribution in [0.4, 0.5) is 5.95 Å². The highest BCUT2D eigenvalue weighted by Gasteiger charge is 2.13. The fraction of sp³-hybridized carbons (Fsp3) is 0.353. The number of rotatable bonds is 7. The largest absolute Gasteiger partial charge is 0.493 e. The smallest absolute Gasteiger partial charge is 0.256 e. The normalized spacial score (nSPS) is 10.2. The predicted octanol–water partition coefficient (Wildman–Crippen LogP) is 1.70. The third-order valence-electron chi connectivity index (χ3n) is 3.39. The van der Waals surface area contributed by atoms with E-state index >= 15 is 0 Å². The highest BCUT2D eigenvalue weighted by atomic mass is 16.5. The van der Waals surface area contributed by atoms with Gasteiger partial charge < -0.3 is 19.3 Å². The number of ether oxygens (including phenoxy) is 2. The van der Waals surface area contributed by atoms with E-state index < -0.39 is 0 Å². The minimum atomic E-state index is -0.149. The van der Waals surface area contributed by atoms with Crippen molar-refractivity contribution in [2.24, 2.45) is 0 Å². The van der Waals surface area contributed by atoms with Crippen LogP contribution in [0.2, 0.25) is 0 Å². The van der Waals surface area contributed by atoms with Gasteiger partial charge in [0.15, 0.2) is 11.5 Å². The molecule has 0 saturated carbocycles. The van der Waals surface area contributed by atoms with Gasteiger partial charge in [-0.25, -0.2) is 9.97 Å². The van der Waals surface area contributed by atoms with Gasteiger partial charge in [0.05, 0.1) is 19.2 Å². The summed E-state index contributed by atoms with van der Waals surface area (Å²) in [5.74, 6) is 1.73. The van der Waals surface area contributed by atoms with E-state index in [0.29, 0.717) is 36.2 Å². The average Bonchev–Trinajstić information content (AvgIpc) is 2.61. The minimum absolute atomic E-state index is 0.149. The SMILES string of the molecule is COc1ccccc1OCCN(C)C(=O)c1cnc(N(C)C)nc1. The summed E-state index contributed by atoms with van der Waals surface area (Å²) in [6.45, 7) is 0.797. The molecule has 2 aromatic rings. The molecule has 1 amide bonds. The molecule has 0 aliphatic rings. The molecule has 2 rings (SSSR count). The van der Waals surface area contributed by atoms with Crippen molar-refractivity contribution in [1.82, 2.24) is 14.9 Å². The number of likely N-dealkylation sites (N-methyl/N-ethyl adjacent to an activating group) is 1. The Bertz CT molecular complexity index is 674. The van der Waals surface area contributed by atoms with Crippen molar-refractivity contribution >= 4 is 11.9 Å². The molecule has 7 heteroatoms. The molecule has 0 spiro atoms. The first-order valence-corrected chi connectivity index (χ1v) is 7.53. The van der Waals surface area contributed by atoms with Crippen LogP contribution in [-0.2, 0) is 0 Å². The highest BCUT2D eigenvalue weighted by molar-refractivity contribution is 5.93. The molecule has 7 nitrogen and oxygen atoms in total. The van der Waals surface area contributed by atoms with Crippen LogP contribution in [0.5, 0.6) is 11.5 Å². The number of hydrogen-bond acceptors (Lipinski definition) is 6. The molecule has 0 aliphatic heterocycles. The number of methoxy groups -OCH3 is 1. The fourth-order valence-electron chi connectivity index (χ4n) is 2.02. The zero-order valence-corrected chi connectivity index (χ0v) is 14.4. The summed E-state index contributed by atoms with van der Waals surface area (Å²) >= 11 is 0. The first kappa shape index (κ1) is 17.5. The summed E-state index contributed by atoms with van der Waals surface area (Å²) in [6, 6.07) is 7.40. The Morgan fingerprint density at radius 2 is 1.71 bits per heavy atom. The van der Waals surface area contributed by atoms with Crippen molar-refractivity contribution in [3.63, 3.8) is 0 Å². The molecule has 128 valence electrons. The van der Waals surface area contributed by atoms with Gasteiger partial charge in [0.2, 0.25) is 5.95 Å². The molecule has 1 heterocycles. The topological polar surface area (TPSA) is 67.8 Å². The minimum Gasteiger partial charge on any atom is -0.493 e. The third kappa shape index (κ3) is 4.34. The molecule has 24 heavy (non-hydrogen) atoms. The molecule has 0 radical (unpaired) electrons. The van der Waals surface area contributed by atoms with E-state index in [1.807, 2.05) is 38.4 Å². The van der Waals surface area contributed by atoms with E-state index in [0.717, 1.165) is 0 Å². The zero-order chi connectivity index (χ0) is 17.5. The van der Waals surface area contributed by atoms with Crippen molar-refractivity contribution < 1.29 is 14.3 Å². The van der Waals surface area contributed by atoms with Gasteiger partial charge in [0.1, 0.15) is 6.61 Å². The maximum Gasteiger partial charge on any atom is 0.256 e. The van der Waals surface area contributed by atoms with Crippen LogP contribution in [0.1, 0.15) is 10.4 Å². The van der Waals surface area contributed by atoms with Crippen LogP contribution in [0, 0.1) is 0 Å². The monoisotopic (exact) mass is 330 g/mol. The molecular formula is C17H22N4O3. The number of carbonyl (C=O) groups is 1. The molecule has 0 saturated heterocycles. The Morgan fingerprint density at radius 3 is 2.29 bits per heavy atom. The molecule has 0 unspecified atom stereocenters. The fourth-order valence-corrected chi connectivity index (χ4v) is 2.02. The van der Waals surface area contributed by atoms with Crippen LogP contribution in [0.15, 0.2) is 36.7 Å². The van der Waals surface area contributed by atoms with Gasteiger partial charge in [-0.2, -0.15) is 0 Å². The zero-order valence-electron chi connectivity index (χ0n) is 14.4. The van der Waals surface area contributed by atoms with Gasteiger partial charge in [-0.15, -0.1) is 0 Å². The lowest BCUT2D eigenvalue weighted by Gasteiger charge is -2.18. The second-order valence-electron chi connectivity index (χ2n) is 5.39. The first-order valence-electron chi connectivity index (χ1n) is 7.53. The lowest BCUT2D eigenvalue weighted by molar-refractivity contribution is 0.0772. The van der Waals surface area contributed by atoms with Crippen molar-refractivity contribution in [2.75, 3.05) is 46.3 Å². The lowest BCUT2D eigenvalue weighted by atomic mass is 10.3. The van der Waals surface area contributed by atoms with Gasteiger partial charge in [-0.3, -0.25) is 4.79 Å². The Morgan fingerprint density at radius 1 is 1.08 bits per heavy atom. The summed E-state index contributed by atoms with van der Waals surface area (Å²) in [5, 5.41) is 0. The Hall–Kier alpha value is -2.83. The average molecular weight is 330 g/mol. The first-order chi connectivity index (χ1) is 11.5. The second kappa shape index (κ2) is 8.14. The number of amides is 1. The van der Waals surface area contributed by atoms with Crippen LogP contribution in [-0.4, -0.2) is 62.2 Å². The van der Waals surface area contributed by atoms with Crippen LogP contribution < -0.4 is 14.4 Å². The molecule has 1 aromatic carbocycles. The van der Waals surface area contributed by atoms with Crippen molar-refractivity contribution in [3.05, 3.63) is 42.2 Å². The van der Waals surface area contributed by atoms with E-state index in [4.69, 9.17) is 9.47 Å². The van der Waals surface area contributed by atoms with Gasteiger partial charge in [0.25, 0.3) is 5.91 Å². The summed E-state index contributed by atoms with van der Waals surface area (Å²) < 4.78 is 10.9. The molecule has 1 aromatic heterocycles. The number of benzene rings is 1. The van der Waals surface area contributed by atoms with Gasteiger partial charge in [-0.05, 0) is 12.1 Å². The lowest BCUT2D eigenvalue weighted by Crippen LogP contribution is -2.31. The standard InChI is InChI=1S/C17H22N4O3/c1-20(2)17-18-11-13(12-19-17)16(22)21(3)9-10-24-15-8-6-5-7-14(15)23-4/h5-8,11-12H,9-10H2,1-4H3. The van der Waals surface area contributed by atoms with Crippen molar-refractivity contribution in [3.8, 4) is 11.5 Å². The molecule has 0 bridgehead atoms. The third-order valence-corrected chi connectivity index (χ3v) is 3.39. The molecule has 0 N–H and O–H groups in total. The van der Waals surface area contributed by atoms with E-state index in [-0.39, 0.29) is 5.91 Å². The number of para-hydroxylation sites is 2. The molecule has 0 aliphatic carbocycles. The Balaban J connectivity index is 1.89. The summed E-state index contributed by atoms with van der Waals surface area (Å²) in [7, 11) is 7.00. The number of aromatic nitrogens is 2. The predicted molar refractivity (Wildman–Crippen MR) is 91.8 cm³/mol. The van der Waals surface area contributed by atoms with Gasteiger partial charge in [-0.1, -0.05) is 12.1 Å². The highest BCUT2D eigenvalue weighted by Crippen LogP contribution is 2.25. The Kier molecular flexibility index (Phi) is 5.95. The van der Waals surface area contributed by atoms with Gasteiger partial charge in [0, 0.05) is 33.5 Å². The number of carbonyl (C=O) groups excluding carboxylic acids is 1. The van der Waals surface area contributed by atoms with Crippen LogP contribution in [0.3, 0.4) is 0 Å². The maximum atomic E-state index is 12.3. The molecule has 0 atom stereocenters. The second-order valence-corrected chi connectivity index (χ2v) is 5.39. The number of hydrogen-bond donors (Lipinski definition) is 0. The molecular weight excluding hydrogens is 308 g/mol. The summed E-state index contributed by atoms with van der Waals surface area (Å²) in [5.41, 5.74) is 0.445. The summed E-state index contributed by atoms with van der Waals surface area (Å²) in [4.78, 5) is 24.0. The molecule has 0 fully saturated rings. The van der Waals surface area contributed by atoms with E-state index in [2.05, 4.69) is 9.97 Å². The van der Waals surface area contributed by atoms with E-state index in [1.54, 1.807) is 24.0 Å². The Labute approximate surface area is 141 Å². The van der Waals surface area contributed by atoms with E-state index in [9.17, 15) is 4.79 Å². The number of nitrogens with zero attached hydrogens (tertiary/aromatic N) is 4. The van der Waals surface area contributed by atoms with E-state index in [1.165, 1.54) is 12.4 Å². The number of anilines is 1. The van der Waals surface area contributed by atoms with Crippen molar-refractivity contribution in [2.45, 2.75) is 0 Å². The van der Waals surface area contributed by atoms with Crippen LogP contribution >= 0.6 is 0 Å². The van der Waals surface area contributed by atoms with Gasteiger partial charge >= 0.3 is 0 Å². The summed E-state index contributed by atoms with van der Waals surface area (Å²) in [6.07, 6.45) is 3.06. The van der Waals surface area contributed by atoms with Crippen LogP contribution in [0.25, 0.3) is 0 Å².